The Hall–Kier alpha value is -1.10. The molecule has 4 heteroatoms. The smallest absolute Gasteiger partial charge is 0.123 e. The van der Waals surface area contributed by atoms with Crippen LogP contribution in [0.5, 0.6) is 5.75 Å². The minimum absolute atomic E-state index is 0.271. The van der Waals surface area contributed by atoms with Crippen molar-refractivity contribution in [2.24, 2.45) is 0 Å². The summed E-state index contributed by atoms with van der Waals surface area (Å²) < 4.78 is 5.79. The van der Waals surface area contributed by atoms with Crippen LogP contribution in [0, 0.1) is 0 Å². The number of rotatable bonds is 7. The van der Waals surface area contributed by atoms with Crippen molar-refractivity contribution in [3.63, 3.8) is 0 Å². The van der Waals surface area contributed by atoms with Crippen LogP contribution in [0.1, 0.15) is 44.6 Å². The molecule has 1 saturated carbocycles. The second kappa shape index (κ2) is 8.84. The summed E-state index contributed by atoms with van der Waals surface area (Å²) in [6.45, 7) is 7.26. The van der Waals surface area contributed by atoms with Crippen LogP contribution < -0.4 is 4.74 Å². The highest BCUT2D eigenvalue weighted by Crippen LogP contribution is 2.28. The van der Waals surface area contributed by atoms with Crippen LogP contribution in [0.2, 0.25) is 0 Å². The highest BCUT2D eigenvalue weighted by atomic mass is 16.5. The molecule has 24 heavy (non-hydrogen) atoms. The molecule has 1 heterocycles. The zero-order valence-electron chi connectivity index (χ0n) is 15.0. The lowest BCUT2D eigenvalue weighted by atomic mass is 10.0. The predicted octanol–water partition coefficient (Wildman–Crippen LogP) is 2.90. The maximum absolute atomic E-state index is 9.52. The zero-order chi connectivity index (χ0) is 16.8. The second-order valence-electron chi connectivity index (χ2n) is 7.11. The van der Waals surface area contributed by atoms with Crippen molar-refractivity contribution >= 4 is 0 Å². The van der Waals surface area contributed by atoms with Gasteiger partial charge in [0.2, 0.25) is 0 Å². The minimum atomic E-state index is 0.271. The molecule has 0 aromatic heterocycles. The van der Waals surface area contributed by atoms with E-state index in [1.54, 1.807) is 0 Å². The van der Waals surface area contributed by atoms with Crippen molar-refractivity contribution < 1.29 is 9.84 Å². The molecule has 4 nitrogen and oxygen atoms in total. The largest absolute Gasteiger partial charge is 0.494 e. The fraction of sp³-hybridized carbons (Fsp3) is 0.700. The Kier molecular flexibility index (Phi) is 6.52. The summed E-state index contributed by atoms with van der Waals surface area (Å²) in [6, 6.07) is 9.59. The van der Waals surface area contributed by atoms with E-state index in [0.717, 1.165) is 44.4 Å². The van der Waals surface area contributed by atoms with Crippen molar-refractivity contribution in [2.75, 3.05) is 32.8 Å². The van der Waals surface area contributed by atoms with Gasteiger partial charge in [0.1, 0.15) is 5.75 Å². The Morgan fingerprint density at radius 3 is 2.71 bits per heavy atom. The number of piperazine rings is 1. The Morgan fingerprint density at radius 1 is 1.17 bits per heavy atom. The van der Waals surface area contributed by atoms with Gasteiger partial charge in [-0.3, -0.25) is 9.80 Å². The molecular weight excluding hydrogens is 300 g/mol. The average Bonchev–Trinajstić information content (AvgIpc) is 3.13. The molecule has 2 aliphatic rings. The van der Waals surface area contributed by atoms with E-state index in [0.29, 0.717) is 12.6 Å². The number of hydrogen-bond acceptors (Lipinski definition) is 4. The molecule has 0 bridgehead atoms. The van der Waals surface area contributed by atoms with E-state index < -0.39 is 0 Å². The van der Waals surface area contributed by atoms with E-state index in [1.165, 1.54) is 31.2 Å². The van der Waals surface area contributed by atoms with E-state index in [-0.39, 0.29) is 6.61 Å². The van der Waals surface area contributed by atoms with Crippen molar-refractivity contribution in [3.8, 4) is 5.75 Å². The summed E-state index contributed by atoms with van der Waals surface area (Å²) >= 11 is 0. The first kappa shape index (κ1) is 17.7. The molecular formula is C20H32N2O2. The summed E-state index contributed by atoms with van der Waals surface area (Å²) in [6.07, 6.45) is 6.35. The third-order valence-electron chi connectivity index (χ3n) is 5.59. The topological polar surface area (TPSA) is 35.9 Å². The first-order valence-electron chi connectivity index (χ1n) is 9.61. The zero-order valence-corrected chi connectivity index (χ0v) is 15.0. The molecule has 134 valence electrons. The molecule has 1 aromatic rings. The van der Waals surface area contributed by atoms with Crippen molar-refractivity contribution in [1.82, 2.24) is 9.80 Å². The molecule has 1 atom stereocenters. The number of aliphatic hydroxyl groups is 1. The number of para-hydroxylation sites is 1. The average molecular weight is 332 g/mol. The number of aliphatic hydroxyl groups excluding tert-OH is 1. The van der Waals surface area contributed by atoms with E-state index in [2.05, 4.69) is 28.0 Å². The van der Waals surface area contributed by atoms with Crippen LogP contribution in [0.4, 0.5) is 0 Å². The van der Waals surface area contributed by atoms with Gasteiger partial charge in [-0.2, -0.15) is 0 Å². The Morgan fingerprint density at radius 2 is 1.96 bits per heavy atom. The molecule has 0 radical (unpaired) electrons. The maximum atomic E-state index is 9.52. The van der Waals surface area contributed by atoms with Gasteiger partial charge in [0.15, 0.2) is 0 Å². The van der Waals surface area contributed by atoms with Gasteiger partial charge >= 0.3 is 0 Å². The molecule has 0 spiro atoms. The van der Waals surface area contributed by atoms with Gasteiger partial charge in [-0.15, -0.1) is 0 Å². The van der Waals surface area contributed by atoms with Crippen molar-refractivity contribution in [2.45, 2.75) is 57.7 Å². The number of ether oxygens (including phenoxy) is 1. The van der Waals surface area contributed by atoms with Gasteiger partial charge in [0.25, 0.3) is 0 Å². The molecule has 1 aliphatic carbocycles. The quantitative estimate of drug-likeness (QED) is 0.833. The number of nitrogens with zero attached hydrogens (tertiary/aromatic N) is 2. The minimum Gasteiger partial charge on any atom is -0.494 e. The van der Waals surface area contributed by atoms with Gasteiger partial charge in [0, 0.05) is 50.4 Å². The summed E-state index contributed by atoms with van der Waals surface area (Å²) in [5.41, 5.74) is 1.26. The monoisotopic (exact) mass is 332 g/mol. The van der Waals surface area contributed by atoms with Crippen LogP contribution in [0.3, 0.4) is 0 Å². The molecule has 1 saturated heterocycles. The first-order valence-corrected chi connectivity index (χ1v) is 9.61. The molecule has 1 N–H and O–H groups in total. The van der Waals surface area contributed by atoms with E-state index in [4.69, 9.17) is 4.74 Å². The fourth-order valence-electron chi connectivity index (χ4n) is 4.30. The molecule has 1 aromatic carbocycles. The molecule has 1 aliphatic heterocycles. The lowest BCUT2D eigenvalue weighted by Crippen LogP contribution is -2.55. The Balaban J connectivity index is 1.66. The SMILES string of the molecule is CCOc1ccccc1CN1CCN(C2CCCC2)C[C@@H]1CCO. The third-order valence-corrected chi connectivity index (χ3v) is 5.59. The Bertz CT molecular complexity index is 502. The van der Waals surface area contributed by atoms with Crippen molar-refractivity contribution in [3.05, 3.63) is 29.8 Å². The Labute approximate surface area is 146 Å². The number of benzene rings is 1. The molecule has 0 amide bonds. The first-order chi connectivity index (χ1) is 11.8. The van der Waals surface area contributed by atoms with Crippen LogP contribution in [0.25, 0.3) is 0 Å². The van der Waals surface area contributed by atoms with E-state index in [1.807, 2.05) is 13.0 Å². The van der Waals surface area contributed by atoms with Gasteiger partial charge in [0.05, 0.1) is 6.61 Å². The maximum Gasteiger partial charge on any atom is 0.123 e. The van der Waals surface area contributed by atoms with Gasteiger partial charge < -0.3 is 9.84 Å². The van der Waals surface area contributed by atoms with Crippen LogP contribution in [0.15, 0.2) is 24.3 Å². The standard InChI is InChI=1S/C20H32N2O2/c1-2-24-20-10-6-3-7-17(20)15-21-12-13-22(16-19(21)11-14-23)18-8-4-5-9-18/h3,6-7,10,18-19,23H,2,4-5,8-9,11-16H2,1H3/t19-/m0/s1. The van der Waals surface area contributed by atoms with Gasteiger partial charge in [-0.05, 0) is 32.3 Å². The highest BCUT2D eigenvalue weighted by molar-refractivity contribution is 5.33. The normalized spacial score (nSPS) is 23.7. The van der Waals surface area contributed by atoms with Crippen molar-refractivity contribution in [1.29, 1.82) is 0 Å². The highest BCUT2D eigenvalue weighted by Gasteiger charge is 2.31. The lowest BCUT2D eigenvalue weighted by molar-refractivity contribution is 0.0322. The molecule has 0 unspecified atom stereocenters. The second-order valence-corrected chi connectivity index (χ2v) is 7.11. The van der Waals surface area contributed by atoms with Gasteiger partial charge in [-0.25, -0.2) is 0 Å². The van der Waals surface area contributed by atoms with Crippen LogP contribution in [-0.4, -0.2) is 59.8 Å². The molecule has 3 rings (SSSR count). The molecule has 2 fully saturated rings. The lowest BCUT2D eigenvalue weighted by Gasteiger charge is -2.44. The number of hydrogen-bond donors (Lipinski definition) is 1. The van der Waals surface area contributed by atoms with Crippen LogP contribution >= 0.6 is 0 Å². The van der Waals surface area contributed by atoms with Crippen LogP contribution in [-0.2, 0) is 6.54 Å². The fourth-order valence-corrected chi connectivity index (χ4v) is 4.30. The third kappa shape index (κ3) is 4.29. The predicted molar refractivity (Wildman–Crippen MR) is 97.3 cm³/mol. The van der Waals surface area contributed by atoms with E-state index >= 15 is 0 Å². The van der Waals surface area contributed by atoms with Gasteiger partial charge in [-0.1, -0.05) is 31.0 Å². The summed E-state index contributed by atoms with van der Waals surface area (Å²) in [5, 5.41) is 9.52. The summed E-state index contributed by atoms with van der Waals surface area (Å²) in [7, 11) is 0. The summed E-state index contributed by atoms with van der Waals surface area (Å²) in [4.78, 5) is 5.22. The van der Waals surface area contributed by atoms with E-state index in [9.17, 15) is 5.11 Å². The summed E-state index contributed by atoms with van der Waals surface area (Å²) in [5.74, 6) is 1.00.